The number of rotatable bonds is 20. The summed E-state index contributed by atoms with van der Waals surface area (Å²) in [6.45, 7) is 24.6. The fourth-order valence-corrected chi connectivity index (χ4v) is 5.73. The van der Waals surface area contributed by atoms with E-state index in [0.29, 0.717) is 24.9 Å². The number of nitrogens with two attached hydrogens (primary N) is 1. The summed E-state index contributed by atoms with van der Waals surface area (Å²) < 4.78 is 11.6. The van der Waals surface area contributed by atoms with Gasteiger partial charge in [-0.15, -0.1) is 0 Å². The van der Waals surface area contributed by atoms with Gasteiger partial charge in [0.2, 0.25) is 24.1 Å². The molecule has 9 atom stereocenters. The molecule has 1 heterocycles. The summed E-state index contributed by atoms with van der Waals surface area (Å²) >= 11 is 0. The highest BCUT2D eigenvalue weighted by Crippen LogP contribution is 2.29. The second-order valence-electron chi connectivity index (χ2n) is 14.1. The zero-order chi connectivity index (χ0) is 40.8. The summed E-state index contributed by atoms with van der Waals surface area (Å²) in [4.78, 5) is 53.7. The predicted octanol–water partition coefficient (Wildman–Crippen LogP) is 3.34. The normalized spacial score (nSPS) is 19.0. The lowest BCUT2D eigenvalue weighted by atomic mass is 9.90. The molecule has 52 heavy (non-hydrogen) atoms. The number of aliphatic hydroxyl groups excluding tert-OH is 1. The fraction of sp³-hybridized carbons (Fsp3) is 0.744. The van der Waals surface area contributed by atoms with Crippen molar-refractivity contribution in [2.24, 2.45) is 17.6 Å². The van der Waals surface area contributed by atoms with Crippen molar-refractivity contribution in [3.63, 3.8) is 0 Å². The lowest BCUT2D eigenvalue weighted by Crippen LogP contribution is -2.54. The number of allylic oxidation sites excluding steroid dienone is 2. The largest absolute Gasteiger partial charge is 0.389 e. The molecule has 1 aliphatic heterocycles. The highest BCUT2D eigenvalue weighted by atomic mass is 16.5. The van der Waals surface area contributed by atoms with Crippen molar-refractivity contribution in [1.82, 2.24) is 20.4 Å². The Hall–Kier alpha value is -3.10. The van der Waals surface area contributed by atoms with Gasteiger partial charge in [0.05, 0.1) is 60.9 Å². The van der Waals surface area contributed by atoms with Gasteiger partial charge in [-0.25, -0.2) is 0 Å². The molecule has 1 fully saturated rings. The van der Waals surface area contributed by atoms with E-state index in [1.807, 2.05) is 13.8 Å². The van der Waals surface area contributed by atoms with Crippen molar-refractivity contribution >= 4 is 24.1 Å². The first-order valence-electron chi connectivity index (χ1n) is 18.5. The molecule has 0 aliphatic carbocycles. The molecule has 0 aromatic heterocycles. The van der Waals surface area contributed by atoms with E-state index in [1.54, 1.807) is 63.6 Å². The molecule has 0 bridgehead atoms. The zero-order valence-electron chi connectivity index (χ0n) is 34.2. The molecule has 13 nitrogen and oxygen atoms in total. The number of likely N-dealkylation sites (tertiary alicyclic amines) is 1. The van der Waals surface area contributed by atoms with Crippen LogP contribution in [0.2, 0.25) is 0 Å². The van der Waals surface area contributed by atoms with E-state index in [1.165, 1.54) is 26.7 Å². The number of amides is 4. The van der Waals surface area contributed by atoms with Crippen LogP contribution in [0.3, 0.4) is 0 Å². The van der Waals surface area contributed by atoms with Crippen LogP contribution >= 0.6 is 0 Å². The lowest BCUT2D eigenvalue weighted by Gasteiger charge is -2.39. The molecule has 9 unspecified atom stereocenters. The van der Waals surface area contributed by atoms with Crippen LogP contribution in [0.25, 0.3) is 0 Å². The summed E-state index contributed by atoms with van der Waals surface area (Å²) in [6.07, 6.45) is 6.54. The third-order valence-corrected chi connectivity index (χ3v) is 9.49. The molecule has 13 heteroatoms. The minimum atomic E-state index is -0.967. The number of hydrogen-bond donors (Lipinski definition) is 5. The van der Waals surface area contributed by atoms with Gasteiger partial charge in [-0.3, -0.25) is 19.2 Å². The number of aliphatic hydroxyl groups is 2. The molecule has 1 saturated heterocycles. The van der Waals surface area contributed by atoms with Crippen LogP contribution in [-0.2, 0) is 28.7 Å². The van der Waals surface area contributed by atoms with E-state index in [2.05, 4.69) is 37.6 Å². The molecule has 0 aromatic carbocycles. The Labute approximate surface area is 314 Å². The monoisotopic (exact) mass is 740 g/mol. The highest BCUT2D eigenvalue weighted by molar-refractivity contribution is 5.81. The van der Waals surface area contributed by atoms with Crippen LogP contribution in [0.5, 0.6) is 0 Å². The van der Waals surface area contributed by atoms with Crippen LogP contribution in [-0.4, -0.2) is 127 Å². The predicted molar refractivity (Wildman–Crippen MR) is 208 cm³/mol. The summed E-state index contributed by atoms with van der Waals surface area (Å²) in [5, 5.41) is 24.9. The quantitative estimate of drug-likeness (QED) is 0.0924. The number of nitrogens with zero attached hydrogens (tertiary/aromatic N) is 2. The summed E-state index contributed by atoms with van der Waals surface area (Å²) in [7, 11) is 4.71. The van der Waals surface area contributed by atoms with Gasteiger partial charge in [0, 0.05) is 33.9 Å². The first-order valence-corrected chi connectivity index (χ1v) is 18.5. The fourth-order valence-electron chi connectivity index (χ4n) is 5.73. The molecular formula is C39H73N5O8. The standard InChI is InChI=1S/C31H52N4O7.C5H13NO.C3H8/c1-10-14-23(12-3)29(39)22(6)33-31(40)21(5)30(42-9)24-15-13-16-35(24)26(37)17-25(41-8)28(20(4)11-2)34(7)27(38)18-32-19-36;1-4(6)5(2,3)7;1-3-2/h10,12,14,19-22,24-25,28-30,39H,1,3,11,13,15-18H2,2,4-9H3,(H,32,36)(H,33,40);4,7H,6H2,1-3H3;3H2,1-2H3/b23-14+;;. The maximum atomic E-state index is 13.7. The van der Waals surface area contributed by atoms with Crippen LogP contribution in [0.15, 0.2) is 37.0 Å². The Bertz CT molecular complexity index is 1110. The van der Waals surface area contributed by atoms with E-state index >= 15 is 0 Å². The molecule has 0 radical (unpaired) electrons. The molecule has 0 aromatic rings. The number of hydrogen-bond acceptors (Lipinski definition) is 9. The van der Waals surface area contributed by atoms with Crippen molar-refractivity contribution in [2.45, 2.75) is 142 Å². The number of nitrogens with one attached hydrogen (secondary N) is 2. The maximum absolute atomic E-state index is 13.7. The minimum Gasteiger partial charge on any atom is -0.389 e. The van der Waals surface area contributed by atoms with Crippen LogP contribution in [0.1, 0.15) is 94.4 Å². The molecule has 6 N–H and O–H groups in total. The summed E-state index contributed by atoms with van der Waals surface area (Å²) in [5.41, 5.74) is 5.14. The van der Waals surface area contributed by atoms with Crippen molar-refractivity contribution in [3.8, 4) is 0 Å². The van der Waals surface area contributed by atoms with Gasteiger partial charge in [-0.05, 0) is 52.0 Å². The Morgan fingerprint density at radius 1 is 1.10 bits per heavy atom. The van der Waals surface area contributed by atoms with Gasteiger partial charge in [0.15, 0.2) is 0 Å². The molecule has 302 valence electrons. The maximum Gasteiger partial charge on any atom is 0.242 e. The number of methoxy groups -OCH3 is 2. The minimum absolute atomic E-state index is 0.0259. The van der Waals surface area contributed by atoms with Crippen LogP contribution in [0, 0.1) is 11.8 Å². The van der Waals surface area contributed by atoms with Crippen molar-refractivity contribution in [1.29, 1.82) is 0 Å². The number of likely N-dealkylation sites (N-methyl/N-ethyl adjacent to an activating group) is 1. The molecule has 1 rings (SSSR count). The molecule has 1 aliphatic rings. The van der Waals surface area contributed by atoms with Gasteiger partial charge < -0.3 is 45.9 Å². The van der Waals surface area contributed by atoms with Crippen LogP contribution in [0.4, 0.5) is 0 Å². The second-order valence-corrected chi connectivity index (χ2v) is 14.1. The van der Waals surface area contributed by atoms with Gasteiger partial charge in [0.25, 0.3) is 0 Å². The molecule has 4 amide bonds. The SMILES string of the molecule is C=C/C=C(\C=C)C(O)C(C)NC(=O)C(C)C(OC)C1CCCN1C(=O)CC(OC)C(C(C)CC)N(C)C(=O)CNC=O.CC(N)C(C)(C)O.CCC. The first-order chi connectivity index (χ1) is 24.3. The Balaban J connectivity index is 0. The Kier molecular flexibility index (Phi) is 26.1. The van der Waals surface area contributed by atoms with Crippen LogP contribution < -0.4 is 16.4 Å². The van der Waals surface area contributed by atoms with E-state index < -0.39 is 41.9 Å². The average Bonchev–Trinajstić information content (AvgIpc) is 3.58. The smallest absolute Gasteiger partial charge is 0.242 e. The van der Waals surface area contributed by atoms with Gasteiger partial charge in [-0.2, -0.15) is 0 Å². The van der Waals surface area contributed by atoms with Crippen molar-refractivity contribution in [3.05, 3.63) is 37.0 Å². The number of ether oxygens (including phenoxy) is 2. The summed E-state index contributed by atoms with van der Waals surface area (Å²) in [5.74, 6) is -1.31. The highest BCUT2D eigenvalue weighted by Gasteiger charge is 2.42. The number of carbonyl (C=O) groups excluding carboxylic acids is 4. The van der Waals surface area contributed by atoms with E-state index in [4.69, 9.17) is 20.3 Å². The van der Waals surface area contributed by atoms with Gasteiger partial charge in [-0.1, -0.05) is 78.8 Å². The lowest BCUT2D eigenvalue weighted by molar-refractivity contribution is -0.145. The van der Waals surface area contributed by atoms with Crippen molar-refractivity contribution in [2.75, 3.05) is 34.4 Å². The molecular weight excluding hydrogens is 666 g/mol. The Morgan fingerprint density at radius 2 is 1.65 bits per heavy atom. The third kappa shape index (κ3) is 17.2. The summed E-state index contributed by atoms with van der Waals surface area (Å²) in [6, 6.07) is -1.46. The Morgan fingerprint density at radius 3 is 2.08 bits per heavy atom. The van der Waals surface area contributed by atoms with Gasteiger partial charge in [0.1, 0.15) is 0 Å². The van der Waals surface area contributed by atoms with Crippen molar-refractivity contribution < 1.29 is 38.9 Å². The third-order valence-electron chi connectivity index (χ3n) is 9.49. The number of carbonyl (C=O) groups is 4. The zero-order valence-corrected chi connectivity index (χ0v) is 34.2. The first kappa shape index (κ1) is 51.0. The topological polar surface area (TPSA) is 184 Å². The van der Waals surface area contributed by atoms with E-state index in [9.17, 15) is 24.3 Å². The molecule has 0 saturated carbocycles. The average molecular weight is 740 g/mol. The van der Waals surface area contributed by atoms with Gasteiger partial charge >= 0.3 is 0 Å². The second kappa shape index (κ2) is 26.6. The molecule has 0 spiro atoms. The van der Waals surface area contributed by atoms with E-state index in [0.717, 1.165) is 12.8 Å². The van der Waals surface area contributed by atoms with E-state index in [-0.39, 0.29) is 48.7 Å².